The van der Waals surface area contributed by atoms with Gasteiger partial charge in [0, 0.05) is 26.8 Å². The van der Waals surface area contributed by atoms with Gasteiger partial charge in [0.05, 0.1) is 17.8 Å². The Bertz CT molecular complexity index is 462. The van der Waals surface area contributed by atoms with Crippen LogP contribution in [0.5, 0.6) is 0 Å². The third-order valence-electron chi connectivity index (χ3n) is 3.47. The zero-order valence-electron chi connectivity index (χ0n) is 11.6. The van der Waals surface area contributed by atoms with E-state index in [4.69, 9.17) is 16.3 Å². The maximum Gasteiger partial charge on any atom is 0.226 e. The minimum absolute atomic E-state index is 0.0252. The topological polar surface area (TPSA) is 63.2 Å². The summed E-state index contributed by atoms with van der Waals surface area (Å²) in [6.45, 7) is 2.29. The normalized spacial score (nSPS) is 15.9. The van der Waals surface area contributed by atoms with Crippen LogP contribution in [-0.4, -0.2) is 37.7 Å². The number of anilines is 1. The third kappa shape index (κ3) is 4.35. The summed E-state index contributed by atoms with van der Waals surface area (Å²) in [5.74, 6) is 0.492. The highest BCUT2D eigenvalue weighted by Crippen LogP contribution is 2.17. The number of ether oxygens (including phenoxy) is 1. The largest absolute Gasteiger partial charge is 0.387 e. The molecule has 0 bridgehead atoms. The van der Waals surface area contributed by atoms with Gasteiger partial charge < -0.3 is 15.4 Å². The van der Waals surface area contributed by atoms with Crippen LogP contribution < -0.4 is 10.6 Å². The first kappa shape index (κ1) is 15.1. The van der Waals surface area contributed by atoms with E-state index in [1.165, 1.54) is 0 Å². The first-order valence-corrected chi connectivity index (χ1v) is 7.24. The molecule has 110 valence electrons. The SMILES string of the molecule is CNc1ccc(Cl)nc1CC(=O)NCC1CCOCC1. The highest BCUT2D eigenvalue weighted by Gasteiger charge is 2.15. The van der Waals surface area contributed by atoms with Crippen molar-refractivity contribution in [3.63, 3.8) is 0 Å². The maximum absolute atomic E-state index is 12.0. The Morgan fingerprint density at radius 3 is 2.90 bits per heavy atom. The molecule has 1 aromatic heterocycles. The van der Waals surface area contributed by atoms with E-state index < -0.39 is 0 Å². The fourth-order valence-corrected chi connectivity index (χ4v) is 2.43. The predicted octanol–water partition coefficient (Wildman–Crippen LogP) is 1.86. The number of aromatic nitrogens is 1. The molecule has 0 aliphatic carbocycles. The molecule has 0 atom stereocenters. The van der Waals surface area contributed by atoms with Crippen molar-refractivity contribution in [2.24, 2.45) is 5.92 Å². The fourth-order valence-electron chi connectivity index (χ4n) is 2.26. The quantitative estimate of drug-likeness (QED) is 0.814. The first-order valence-electron chi connectivity index (χ1n) is 6.86. The van der Waals surface area contributed by atoms with Crippen molar-refractivity contribution in [3.8, 4) is 0 Å². The number of halogens is 1. The molecule has 2 rings (SSSR count). The van der Waals surface area contributed by atoms with Crippen molar-refractivity contribution in [3.05, 3.63) is 23.0 Å². The van der Waals surface area contributed by atoms with Gasteiger partial charge in [-0.25, -0.2) is 4.98 Å². The molecule has 0 saturated carbocycles. The van der Waals surface area contributed by atoms with Gasteiger partial charge in [-0.05, 0) is 30.9 Å². The lowest BCUT2D eigenvalue weighted by molar-refractivity contribution is -0.120. The number of hydrogen-bond acceptors (Lipinski definition) is 4. The molecule has 6 heteroatoms. The number of pyridine rings is 1. The Morgan fingerprint density at radius 2 is 2.20 bits per heavy atom. The van der Waals surface area contributed by atoms with Crippen LogP contribution in [0.1, 0.15) is 18.5 Å². The Labute approximate surface area is 124 Å². The molecule has 20 heavy (non-hydrogen) atoms. The molecule has 1 aliphatic rings. The average molecular weight is 298 g/mol. The van der Waals surface area contributed by atoms with Gasteiger partial charge in [-0.15, -0.1) is 0 Å². The molecule has 2 N–H and O–H groups in total. The Balaban J connectivity index is 1.86. The van der Waals surface area contributed by atoms with Gasteiger partial charge in [0.1, 0.15) is 5.15 Å². The van der Waals surface area contributed by atoms with E-state index >= 15 is 0 Å². The predicted molar refractivity (Wildman–Crippen MR) is 79.1 cm³/mol. The highest BCUT2D eigenvalue weighted by atomic mass is 35.5. The van der Waals surface area contributed by atoms with E-state index in [9.17, 15) is 4.79 Å². The van der Waals surface area contributed by atoms with E-state index in [0.717, 1.165) is 31.7 Å². The lowest BCUT2D eigenvalue weighted by Gasteiger charge is -2.22. The molecule has 1 amide bonds. The Hall–Kier alpha value is -1.33. The van der Waals surface area contributed by atoms with Crippen molar-refractivity contribution in [1.82, 2.24) is 10.3 Å². The van der Waals surface area contributed by atoms with E-state index in [1.807, 2.05) is 6.07 Å². The zero-order chi connectivity index (χ0) is 14.4. The van der Waals surface area contributed by atoms with Gasteiger partial charge in [0.15, 0.2) is 0 Å². The summed E-state index contributed by atoms with van der Waals surface area (Å²) in [6.07, 6.45) is 2.26. The standard InChI is InChI=1S/C14H20ClN3O2/c1-16-11-2-3-13(15)18-12(11)8-14(19)17-9-10-4-6-20-7-5-10/h2-3,10,16H,4-9H2,1H3,(H,17,19). The van der Waals surface area contributed by atoms with Crippen LogP contribution in [0.4, 0.5) is 5.69 Å². The number of carbonyl (C=O) groups excluding carboxylic acids is 1. The first-order chi connectivity index (χ1) is 9.69. The summed E-state index contributed by atoms with van der Waals surface area (Å²) >= 11 is 5.87. The summed E-state index contributed by atoms with van der Waals surface area (Å²) in [7, 11) is 1.80. The molecule has 1 saturated heterocycles. The van der Waals surface area contributed by atoms with Crippen LogP contribution >= 0.6 is 11.6 Å². The lowest BCUT2D eigenvalue weighted by Crippen LogP contribution is -2.33. The van der Waals surface area contributed by atoms with Crippen LogP contribution in [0.15, 0.2) is 12.1 Å². The van der Waals surface area contributed by atoms with Gasteiger partial charge in [-0.2, -0.15) is 0 Å². The molecule has 1 aliphatic heterocycles. The van der Waals surface area contributed by atoms with Crippen LogP contribution in [0.25, 0.3) is 0 Å². The average Bonchev–Trinajstić information content (AvgIpc) is 2.46. The van der Waals surface area contributed by atoms with Crippen molar-refractivity contribution < 1.29 is 9.53 Å². The number of carbonyl (C=O) groups is 1. The second-order valence-corrected chi connectivity index (χ2v) is 5.30. The summed E-state index contributed by atoms with van der Waals surface area (Å²) in [4.78, 5) is 16.2. The fraction of sp³-hybridized carbons (Fsp3) is 0.571. The van der Waals surface area contributed by atoms with E-state index in [1.54, 1.807) is 13.1 Å². The van der Waals surface area contributed by atoms with E-state index in [2.05, 4.69) is 15.6 Å². The van der Waals surface area contributed by atoms with Crippen LogP contribution in [0.2, 0.25) is 5.15 Å². The number of rotatable bonds is 5. The van der Waals surface area contributed by atoms with Gasteiger partial charge in [0.2, 0.25) is 5.91 Å². The summed E-state index contributed by atoms with van der Waals surface area (Å²) in [5, 5.41) is 6.38. The summed E-state index contributed by atoms with van der Waals surface area (Å²) in [6, 6.07) is 3.53. The van der Waals surface area contributed by atoms with Gasteiger partial charge in [-0.1, -0.05) is 11.6 Å². The molecular formula is C14H20ClN3O2. The molecule has 1 aromatic rings. The summed E-state index contributed by atoms with van der Waals surface area (Å²) in [5.41, 5.74) is 1.50. The van der Waals surface area contributed by atoms with Crippen molar-refractivity contribution in [2.45, 2.75) is 19.3 Å². The molecule has 5 nitrogen and oxygen atoms in total. The van der Waals surface area contributed by atoms with E-state index in [0.29, 0.717) is 23.3 Å². The summed E-state index contributed by atoms with van der Waals surface area (Å²) < 4.78 is 5.30. The van der Waals surface area contributed by atoms with Crippen LogP contribution in [-0.2, 0) is 16.0 Å². The van der Waals surface area contributed by atoms with Crippen LogP contribution in [0.3, 0.4) is 0 Å². The van der Waals surface area contributed by atoms with Crippen LogP contribution in [0, 0.1) is 5.92 Å². The van der Waals surface area contributed by atoms with Crippen molar-refractivity contribution >= 4 is 23.2 Å². The van der Waals surface area contributed by atoms with Gasteiger partial charge in [0.25, 0.3) is 0 Å². The minimum atomic E-state index is -0.0252. The second-order valence-electron chi connectivity index (χ2n) is 4.91. The lowest BCUT2D eigenvalue weighted by atomic mass is 10.0. The minimum Gasteiger partial charge on any atom is -0.387 e. The van der Waals surface area contributed by atoms with Gasteiger partial charge in [-0.3, -0.25) is 4.79 Å². The molecule has 0 radical (unpaired) electrons. The second kappa shape index (κ2) is 7.45. The molecule has 0 aromatic carbocycles. The van der Waals surface area contributed by atoms with Gasteiger partial charge >= 0.3 is 0 Å². The molecule has 0 spiro atoms. The molecular weight excluding hydrogens is 278 g/mol. The number of nitrogens with one attached hydrogen (secondary N) is 2. The van der Waals surface area contributed by atoms with Crippen molar-refractivity contribution in [1.29, 1.82) is 0 Å². The number of hydrogen-bond donors (Lipinski definition) is 2. The molecule has 1 fully saturated rings. The van der Waals surface area contributed by atoms with Crippen molar-refractivity contribution in [2.75, 3.05) is 32.1 Å². The Kier molecular flexibility index (Phi) is 5.61. The Morgan fingerprint density at radius 1 is 1.45 bits per heavy atom. The smallest absolute Gasteiger partial charge is 0.226 e. The zero-order valence-corrected chi connectivity index (χ0v) is 12.4. The third-order valence-corrected chi connectivity index (χ3v) is 3.68. The molecule has 0 unspecified atom stereocenters. The number of amides is 1. The van der Waals surface area contributed by atoms with E-state index in [-0.39, 0.29) is 12.3 Å². The highest BCUT2D eigenvalue weighted by molar-refractivity contribution is 6.29. The number of nitrogens with zero attached hydrogens (tertiary/aromatic N) is 1. The molecule has 2 heterocycles. The maximum atomic E-state index is 12.0. The monoisotopic (exact) mass is 297 g/mol.